The van der Waals surface area contributed by atoms with Crippen LogP contribution in [0.25, 0.3) is 0 Å². The number of aromatic nitrogens is 1. The molecule has 0 unspecified atom stereocenters. The third kappa shape index (κ3) is 3.37. The van der Waals surface area contributed by atoms with Crippen molar-refractivity contribution >= 4 is 38.4 Å². The molecule has 0 bridgehead atoms. The second-order valence-electron chi connectivity index (χ2n) is 4.95. The van der Waals surface area contributed by atoms with Crippen LogP contribution in [0.2, 0.25) is 0 Å². The number of hydrogen-bond acceptors (Lipinski definition) is 4. The monoisotopic (exact) mass is 354 g/mol. The lowest BCUT2D eigenvalue weighted by Crippen LogP contribution is -2.28. The van der Waals surface area contributed by atoms with Crippen molar-refractivity contribution in [3.8, 4) is 0 Å². The van der Waals surface area contributed by atoms with Crippen LogP contribution in [0.4, 0.5) is 5.13 Å². The molecule has 0 radical (unpaired) electrons. The summed E-state index contributed by atoms with van der Waals surface area (Å²) in [4.78, 5) is 15.5. The molecule has 0 saturated heterocycles. The minimum absolute atomic E-state index is 0.576. The largest absolute Gasteiger partial charge is 0.481 e. The number of carboxylic acids is 1. The number of nitrogens with one attached hydrogen (secondary N) is 1. The van der Waals surface area contributed by atoms with E-state index in [4.69, 9.17) is 0 Å². The smallest absolute Gasteiger partial charge is 0.315 e. The normalized spacial score (nSPS) is 11.3. The molecule has 6 heteroatoms. The third-order valence-electron chi connectivity index (χ3n) is 3.01. The van der Waals surface area contributed by atoms with Crippen molar-refractivity contribution in [1.29, 1.82) is 0 Å². The number of benzene rings is 1. The molecule has 0 aliphatic rings. The number of carbonyl (C=O) groups is 1. The molecule has 1 heterocycles. The van der Waals surface area contributed by atoms with Crippen molar-refractivity contribution in [3.05, 3.63) is 45.4 Å². The molecule has 0 spiro atoms. The first-order valence-electron chi connectivity index (χ1n) is 6.07. The number of rotatable bonds is 5. The zero-order valence-electron chi connectivity index (χ0n) is 11.2. The molecular weight excluding hydrogens is 340 g/mol. The number of thiazole rings is 1. The molecule has 0 atom stereocenters. The first-order valence-corrected chi connectivity index (χ1v) is 7.74. The third-order valence-corrected chi connectivity index (χ3v) is 4.31. The fourth-order valence-corrected chi connectivity index (χ4v) is 2.90. The van der Waals surface area contributed by atoms with Gasteiger partial charge >= 0.3 is 5.97 Å². The summed E-state index contributed by atoms with van der Waals surface area (Å²) in [6.45, 7) is 3.96. The first kappa shape index (κ1) is 15.0. The second kappa shape index (κ2) is 5.93. The van der Waals surface area contributed by atoms with Gasteiger partial charge in [0.1, 0.15) is 5.41 Å². The van der Waals surface area contributed by atoms with E-state index in [1.54, 1.807) is 19.2 Å². The Morgan fingerprint density at radius 1 is 1.50 bits per heavy atom. The Balaban J connectivity index is 2.05. The van der Waals surface area contributed by atoms with E-state index < -0.39 is 11.4 Å². The lowest BCUT2D eigenvalue weighted by molar-refractivity contribution is -0.142. The van der Waals surface area contributed by atoms with Crippen LogP contribution in [0.5, 0.6) is 0 Å². The van der Waals surface area contributed by atoms with Crippen molar-refractivity contribution < 1.29 is 9.90 Å². The van der Waals surface area contributed by atoms with Gasteiger partial charge in [0.2, 0.25) is 0 Å². The van der Waals surface area contributed by atoms with Crippen LogP contribution in [-0.2, 0) is 16.8 Å². The maximum Gasteiger partial charge on any atom is 0.315 e. The number of nitrogens with zero attached hydrogens (tertiary/aromatic N) is 1. The molecule has 0 aliphatic heterocycles. The Bertz CT molecular complexity index is 625. The van der Waals surface area contributed by atoms with Crippen LogP contribution in [0.15, 0.2) is 34.1 Å². The Labute approximate surface area is 130 Å². The quantitative estimate of drug-likeness (QED) is 0.855. The minimum Gasteiger partial charge on any atom is -0.481 e. The summed E-state index contributed by atoms with van der Waals surface area (Å²) >= 11 is 4.85. The maximum absolute atomic E-state index is 11.2. The molecule has 2 aromatic rings. The van der Waals surface area contributed by atoms with Crippen molar-refractivity contribution in [2.45, 2.75) is 25.8 Å². The Hall–Kier alpha value is -1.40. The fourth-order valence-electron chi connectivity index (χ4n) is 1.58. The van der Waals surface area contributed by atoms with Gasteiger partial charge in [-0.1, -0.05) is 28.1 Å². The molecule has 106 valence electrons. The first-order chi connectivity index (χ1) is 9.39. The van der Waals surface area contributed by atoms with Crippen molar-refractivity contribution in [1.82, 2.24) is 4.98 Å². The van der Waals surface area contributed by atoms with Gasteiger partial charge in [-0.2, -0.15) is 0 Å². The van der Waals surface area contributed by atoms with E-state index in [-0.39, 0.29) is 0 Å². The Morgan fingerprint density at radius 3 is 2.90 bits per heavy atom. The van der Waals surface area contributed by atoms with Gasteiger partial charge in [0.25, 0.3) is 0 Å². The molecule has 4 nitrogen and oxygen atoms in total. The Kier molecular flexibility index (Phi) is 4.45. The van der Waals surface area contributed by atoms with E-state index in [0.29, 0.717) is 12.2 Å². The van der Waals surface area contributed by atoms with Crippen LogP contribution in [0.1, 0.15) is 25.1 Å². The number of aliphatic carboxylic acids is 1. The van der Waals surface area contributed by atoms with Crippen molar-refractivity contribution in [2.75, 3.05) is 5.32 Å². The van der Waals surface area contributed by atoms with E-state index in [1.807, 2.05) is 24.3 Å². The van der Waals surface area contributed by atoms with Gasteiger partial charge in [-0.3, -0.25) is 4.79 Å². The SMILES string of the molecule is CC(C)(C(=O)O)c1csc(NCc2cccc(Br)c2)n1. The molecular formula is C14H15BrN2O2S. The van der Waals surface area contributed by atoms with Crippen LogP contribution in [0.3, 0.4) is 0 Å². The average molecular weight is 355 g/mol. The highest BCUT2D eigenvalue weighted by Crippen LogP contribution is 2.27. The molecule has 0 aliphatic carbocycles. The highest BCUT2D eigenvalue weighted by molar-refractivity contribution is 9.10. The van der Waals surface area contributed by atoms with E-state index in [0.717, 1.165) is 15.2 Å². The molecule has 2 N–H and O–H groups in total. The highest BCUT2D eigenvalue weighted by Gasteiger charge is 2.32. The van der Waals surface area contributed by atoms with Crippen LogP contribution < -0.4 is 5.32 Å². The van der Waals surface area contributed by atoms with E-state index in [2.05, 4.69) is 26.2 Å². The van der Waals surface area contributed by atoms with Crippen LogP contribution in [-0.4, -0.2) is 16.1 Å². The van der Waals surface area contributed by atoms with E-state index >= 15 is 0 Å². The number of anilines is 1. The van der Waals surface area contributed by atoms with Crippen molar-refractivity contribution in [3.63, 3.8) is 0 Å². The summed E-state index contributed by atoms with van der Waals surface area (Å²) in [5, 5.41) is 14.9. The summed E-state index contributed by atoms with van der Waals surface area (Å²) < 4.78 is 1.03. The maximum atomic E-state index is 11.2. The molecule has 0 fully saturated rings. The van der Waals surface area contributed by atoms with Gasteiger partial charge in [-0.25, -0.2) is 4.98 Å². The molecule has 0 saturated carbocycles. The van der Waals surface area contributed by atoms with Gasteiger partial charge < -0.3 is 10.4 Å². The molecule has 1 aromatic carbocycles. The summed E-state index contributed by atoms with van der Waals surface area (Å²) in [5.74, 6) is -0.874. The molecule has 1 aromatic heterocycles. The molecule has 20 heavy (non-hydrogen) atoms. The summed E-state index contributed by atoms with van der Waals surface area (Å²) in [5.41, 5.74) is 0.743. The van der Waals surface area contributed by atoms with Gasteiger partial charge in [-0.15, -0.1) is 11.3 Å². The van der Waals surface area contributed by atoms with Crippen LogP contribution in [0, 0.1) is 0 Å². The van der Waals surface area contributed by atoms with Gasteiger partial charge in [0.15, 0.2) is 5.13 Å². The number of hydrogen-bond donors (Lipinski definition) is 2. The highest BCUT2D eigenvalue weighted by atomic mass is 79.9. The number of carboxylic acid groups (broad SMARTS) is 1. The van der Waals surface area contributed by atoms with E-state index in [1.165, 1.54) is 11.3 Å². The molecule has 2 rings (SSSR count). The summed E-state index contributed by atoms with van der Waals surface area (Å²) in [7, 11) is 0. The fraction of sp³-hybridized carbons (Fsp3) is 0.286. The average Bonchev–Trinajstić information content (AvgIpc) is 2.85. The topological polar surface area (TPSA) is 62.2 Å². The van der Waals surface area contributed by atoms with E-state index in [9.17, 15) is 9.90 Å². The Morgan fingerprint density at radius 2 is 2.25 bits per heavy atom. The van der Waals surface area contributed by atoms with Gasteiger partial charge in [0, 0.05) is 16.4 Å². The molecule has 0 amide bonds. The predicted octanol–water partition coefficient (Wildman–Crippen LogP) is 3.88. The van der Waals surface area contributed by atoms with Gasteiger partial charge in [0.05, 0.1) is 5.69 Å². The second-order valence-corrected chi connectivity index (χ2v) is 6.73. The zero-order chi connectivity index (χ0) is 14.8. The van der Waals surface area contributed by atoms with Crippen LogP contribution >= 0.6 is 27.3 Å². The lowest BCUT2D eigenvalue weighted by Gasteiger charge is -2.15. The number of halogens is 1. The standard InChI is InChI=1S/C14H15BrN2O2S/c1-14(2,12(18)19)11-8-20-13(17-11)16-7-9-4-3-5-10(15)6-9/h3-6,8H,7H2,1-2H3,(H,16,17)(H,18,19). The predicted molar refractivity (Wildman–Crippen MR) is 84.2 cm³/mol. The van der Waals surface area contributed by atoms with Gasteiger partial charge in [-0.05, 0) is 31.5 Å². The summed E-state index contributed by atoms with van der Waals surface area (Å²) in [6.07, 6.45) is 0. The minimum atomic E-state index is -0.966. The lowest BCUT2D eigenvalue weighted by atomic mass is 9.90. The van der Waals surface area contributed by atoms with Crippen molar-refractivity contribution in [2.24, 2.45) is 0 Å². The zero-order valence-corrected chi connectivity index (χ0v) is 13.6. The summed E-state index contributed by atoms with van der Waals surface area (Å²) in [6, 6.07) is 8.00.